The maximum atomic E-state index is 12.1. The number of carbonyl (C=O) groups is 1. The van der Waals surface area contributed by atoms with Gasteiger partial charge in [0.25, 0.3) is 0 Å². The Morgan fingerprint density at radius 2 is 2.35 bits per heavy atom. The normalized spacial score (nSPS) is 17.9. The molecule has 0 spiro atoms. The smallest absolute Gasteiger partial charge is 0.410 e. The van der Waals surface area contributed by atoms with Gasteiger partial charge in [0, 0.05) is 13.1 Å². The predicted molar refractivity (Wildman–Crippen MR) is 90.5 cm³/mol. The second-order valence-corrected chi connectivity index (χ2v) is 6.68. The highest BCUT2D eigenvalue weighted by molar-refractivity contribution is 9.10. The molecule has 1 saturated heterocycles. The molecule has 3 heterocycles. The van der Waals surface area contributed by atoms with E-state index in [1.54, 1.807) is 15.6 Å². The van der Waals surface area contributed by atoms with Gasteiger partial charge in [-0.05, 0) is 54.8 Å². The van der Waals surface area contributed by atoms with E-state index in [1.807, 2.05) is 26.0 Å². The number of aromatic nitrogens is 3. The third-order valence-electron chi connectivity index (χ3n) is 3.79. The third kappa shape index (κ3) is 3.57. The minimum Gasteiger partial charge on any atom is -0.447 e. The van der Waals surface area contributed by atoms with Crippen molar-refractivity contribution in [3.05, 3.63) is 22.9 Å². The molecule has 0 saturated carbocycles. The van der Waals surface area contributed by atoms with Crippen LogP contribution in [0.1, 0.15) is 26.7 Å². The van der Waals surface area contributed by atoms with Crippen molar-refractivity contribution in [2.75, 3.05) is 18.4 Å². The lowest BCUT2D eigenvalue weighted by Gasteiger charge is -2.25. The number of nitrogens with zero attached hydrogens (tertiary/aromatic N) is 4. The lowest BCUT2D eigenvalue weighted by molar-refractivity contribution is 0.0746. The Bertz CT molecular complexity index is 702. The number of ether oxygens (including phenoxy) is 1. The Hall–Kier alpha value is -1.83. The van der Waals surface area contributed by atoms with E-state index in [0.29, 0.717) is 6.54 Å². The number of hydrogen-bond donors (Lipinski definition) is 1. The first kappa shape index (κ1) is 16.0. The van der Waals surface area contributed by atoms with Crippen LogP contribution < -0.4 is 5.32 Å². The lowest BCUT2D eigenvalue weighted by atomic mass is 10.2. The summed E-state index contributed by atoms with van der Waals surface area (Å²) in [6.45, 7) is 5.13. The van der Waals surface area contributed by atoms with Crippen molar-refractivity contribution in [3.63, 3.8) is 0 Å². The number of likely N-dealkylation sites (tertiary alicyclic amines) is 1. The van der Waals surface area contributed by atoms with Crippen LogP contribution in [0.3, 0.4) is 0 Å². The molecule has 7 nitrogen and oxygen atoms in total. The molecule has 0 aliphatic carbocycles. The van der Waals surface area contributed by atoms with Gasteiger partial charge in [0.2, 0.25) is 0 Å². The van der Waals surface area contributed by atoms with Crippen LogP contribution in [-0.2, 0) is 4.74 Å². The van der Waals surface area contributed by atoms with Crippen LogP contribution in [-0.4, -0.2) is 50.8 Å². The molecule has 1 fully saturated rings. The van der Waals surface area contributed by atoms with Crippen molar-refractivity contribution in [1.82, 2.24) is 19.5 Å². The van der Waals surface area contributed by atoms with Crippen LogP contribution >= 0.6 is 15.9 Å². The van der Waals surface area contributed by atoms with E-state index < -0.39 is 0 Å². The van der Waals surface area contributed by atoms with Crippen molar-refractivity contribution >= 4 is 33.5 Å². The number of hydrogen-bond acceptors (Lipinski definition) is 5. The van der Waals surface area contributed by atoms with Gasteiger partial charge >= 0.3 is 6.09 Å². The molecule has 124 valence electrons. The molecule has 0 radical (unpaired) electrons. The second-order valence-electron chi connectivity index (χ2n) is 5.87. The van der Waals surface area contributed by atoms with Gasteiger partial charge < -0.3 is 15.0 Å². The molecule has 2 aromatic heterocycles. The van der Waals surface area contributed by atoms with E-state index in [2.05, 4.69) is 31.3 Å². The highest BCUT2D eigenvalue weighted by atomic mass is 79.9. The third-order valence-corrected chi connectivity index (χ3v) is 4.33. The Kier molecular flexibility index (Phi) is 4.70. The molecule has 0 bridgehead atoms. The molecular weight excluding hydrogens is 362 g/mol. The summed E-state index contributed by atoms with van der Waals surface area (Å²) in [6, 6.07) is 3.92. The zero-order valence-corrected chi connectivity index (χ0v) is 14.8. The highest BCUT2D eigenvalue weighted by Crippen LogP contribution is 2.20. The summed E-state index contributed by atoms with van der Waals surface area (Å²) in [6.07, 6.45) is 3.35. The van der Waals surface area contributed by atoms with Gasteiger partial charge in [-0.3, -0.25) is 0 Å². The van der Waals surface area contributed by atoms with E-state index in [1.165, 1.54) is 0 Å². The molecule has 1 amide bonds. The van der Waals surface area contributed by atoms with E-state index in [9.17, 15) is 4.79 Å². The van der Waals surface area contributed by atoms with Gasteiger partial charge in [-0.1, -0.05) is 0 Å². The molecular formula is C15H20BrN5O2. The van der Waals surface area contributed by atoms with E-state index in [4.69, 9.17) is 4.74 Å². The molecule has 1 N–H and O–H groups in total. The van der Waals surface area contributed by atoms with E-state index in [-0.39, 0.29) is 18.2 Å². The van der Waals surface area contributed by atoms with Crippen LogP contribution in [0.2, 0.25) is 0 Å². The van der Waals surface area contributed by atoms with E-state index >= 15 is 0 Å². The number of carbonyl (C=O) groups excluding carboxylic acids is 1. The molecule has 23 heavy (non-hydrogen) atoms. The zero-order valence-electron chi connectivity index (χ0n) is 13.2. The topological polar surface area (TPSA) is 71.8 Å². The predicted octanol–water partition coefficient (Wildman–Crippen LogP) is 2.91. The second kappa shape index (κ2) is 6.74. The summed E-state index contributed by atoms with van der Waals surface area (Å²) in [5.74, 6) is 0.750. The Labute approximate surface area is 143 Å². The molecule has 2 aromatic rings. The SMILES string of the molecule is CC(C)OC(=O)N1CCCC1CNc1ccc2ncc(Br)n2n1. The van der Waals surface area contributed by atoms with Crippen molar-refractivity contribution in [1.29, 1.82) is 0 Å². The lowest BCUT2D eigenvalue weighted by Crippen LogP contribution is -2.40. The van der Waals surface area contributed by atoms with Crippen LogP contribution in [0, 0.1) is 0 Å². The largest absolute Gasteiger partial charge is 0.447 e. The quantitative estimate of drug-likeness (QED) is 0.881. The number of nitrogens with one attached hydrogen (secondary N) is 1. The molecule has 1 unspecified atom stereocenters. The Balaban J connectivity index is 1.64. The maximum Gasteiger partial charge on any atom is 0.410 e. The molecule has 1 atom stereocenters. The number of fused-ring (bicyclic) bond motifs is 1. The Morgan fingerprint density at radius 1 is 1.52 bits per heavy atom. The average molecular weight is 382 g/mol. The highest BCUT2D eigenvalue weighted by Gasteiger charge is 2.30. The summed E-state index contributed by atoms with van der Waals surface area (Å²) in [5, 5.41) is 7.78. The number of amides is 1. The first-order valence-electron chi connectivity index (χ1n) is 7.76. The van der Waals surface area contributed by atoms with Gasteiger partial charge in [0.15, 0.2) is 5.65 Å². The molecule has 3 rings (SSSR count). The Morgan fingerprint density at radius 3 is 3.13 bits per heavy atom. The van der Waals surface area contributed by atoms with Crippen molar-refractivity contribution in [2.45, 2.75) is 38.8 Å². The van der Waals surface area contributed by atoms with Gasteiger partial charge in [0.05, 0.1) is 18.3 Å². The van der Waals surface area contributed by atoms with Crippen molar-refractivity contribution in [3.8, 4) is 0 Å². The average Bonchev–Trinajstić information content (AvgIpc) is 3.12. The number of rotatable bonds is 4. The van der Waals surface area contributed by atoms with Crippen LogP contribution in [0.15, 0.2) is 22.9 Å². The van der Waals surface area contributed by atoms with Crippen molar-refractivity contribution in [2.24, 2.45) is 0 Å². The number of halogens is 1. The van der Waals surface area contributed by atoms with Gasteiger partial charge in [-0.2, -0.15) is 0 Å². The summed E-state index contributed by atoms with van der Waals surface area (Å²) in [5.41, 5.74) is 0.783. The standard InChI is InChI=1S/C15H20BrN5O2/c1-10(2)23-15(22)20-7-3-4-11(20)8-17-13-5-6-14-18-9-12(16)21(14)19-13/h5-6,9-11H,3-4,7-8H2,1-2H3,(H,17,19). The number of imidazole rings is 1. The fraction of sp³-hybridized carbons (Fsp3) is 0.533. The molecule has 1 aliphatic heterocycles. The number of anilines is 1. The fourth-order valence-electron chi connectivity index (χ4n) is 2.72. The van der Waals surface area contributed by atoms with Crippen LogP contribution in [0.5, 0.6) is 0 Å². The van der Waals surface area contributed by atoms with E-state index in [0.717, 1.165) is 35.5 Å². The van der Waals surface area contributed by atoms with Gasteiger partial charge in [-0.15, -0.1) is 5.10 Å². The monoisotopic (exact) mass is 381 g/mol. The summed E-state index contributed by atoms with van der Waals surface area (Å²) >= 11 is 3.41. The zero-order chi connectivity index (χ0) is 16.4. The molecule has 8 heteroatoms. The summed E-state index contributed by atoms with van der Waals surface area (Å²) in [4.78, 5) is 18.1. The van der Waals surface area contributed by atoms with Crippen LogP contribution in [0.25, 0.3) is 5.65 Å². The minimum absolute atomic E-state index is 0.0978. The van der Waals surface area contributed by atoms with Gasteiger partial charge in [0.1, 0.15) is 10.4 Å². The first-order valence-corrected chi connectivity index (χ1v) is 8.55. The first-order chi connectivity index (χ1) is 11.0. The summed E-state index contributed by atoms with van der Waals surface area (Å²) < 4.78 is 7.83. The molecule has 1 aliphatic rings. The maximum absolute atomic E-state index is 12.1. The molecule has 0 aromatic carbocycles. The van der Waals surface area contributed by atoms with Gasteiger partial charge in [-0.25, -0.2) is 14.3 Å². The fourth-order valence-corrected chi connectivity index (χ4v) is 3.08. The van der Waals surface area contributed by atoms with Crippen molar-refractivity contribution < 1.29 is 9.53 Å². The summed E-state index contributed by atoms with van der Waals surface area (Å²) in [7, 11) is 0. The van der Waals surface area contributed by atoms with Crippen LogP contribution in [0.4, 0.5) is 10.6 Å². The minimum atomic E-state index is -0.231.